The molecule has 0 spiro atoms. The van der Waals surface area contributed by atoms with E-state index in [4.69, 9.17) is 5.73 Å². The number of aryl methyl sites for hydroxylation is 1. The van der Waals surface area contributed by atoms with E-state index in [2.05, 4.69) is 4.98 Å². The van der Waals surface area contributed by atoms with Gasteiger partial charge >= 0.3 is 5.97 Å². The second-order valence-corrected chi connectivity index (χ2v) is 5.47. The molecule has 0 aliphatic heterocycles. The van der Waals surface area contributed by atoms with Gasteiger partial charge in [0.1, 0.15) is 11.3 Å². The molecule has 2 aromatic rings. The Bertz CT molecular complexity index is 701. The predicted octanol–water partition coefficient (Wildman–Crippen LogP) is 1.55. The van der Waals surface area contributed by atoms with Crippen LogP contribution in [0, 0.1) is 12.3 Å². The number of hydrogen-bond acceptors (Lipinski definition) is 3. The fraction of sp³-hybridized carbons (Fsp3) is 0.357. The first-order chi connectivity index (χ1) is 9.24. The van der Waals surface area contributed by atoms with Crippen LogP contribution in [0.25, 0.3) is 11.0 Å². The van der Waals surface area contributed by atoms with Gasteiger partial charge in [0.25, 0.3) is 0 Å². The van der Waals surface area contributed by atoms with Gasteiger partial charge in [-0.15, -0.1) is 0 Å². The number of carboxylic acid groups (broad SMARTS) is 1. The molecular weight excluding hydrogens is 258 g/mol. The summed E-state index contributed by atoms with van der Waals surface area (Å²) in [6, 6.07) is 4.97. The number of benzene rings is 1. The standard InChI is InChI=1S/C14H17N3O3/c1-8-16-11-9(12(18)19)5-4-6-10(11)17(8)7-14(2,3)13(15)20/h4-6H,7H2,1-3H3,(H2,15,20)(H,18,19). The summed E-state index contributed by atoms with van der Waals surface area (Å²) in [5.41, 5.74) is 5.93. The number of fused-ring (bicyclic) bond motifs is 1. The van der Waals surface area contributed by atoms with Crippen LogP contribution in [0.15, 0.2) is 18.2 Å². The van der Waals surface area contributed by atoms with Gasteiger partial charge in [0.05, 0.1) is 16.5 Å². The molecule has 6 nitrogen and oxygen atoms in total. The van der Waals surface area contributed by atoms with E-state index in [0.29, 0.717) is 23.4 Å². The van der Waals surface area contributed by atoms with Crippen molar-refractivity contribution >= 4 is 22.9 Å². The highest BCUT2D eigenvalue weighted by molar-refractivity contribution is 6.01. The van der Waals surface area contributed by atoms with E-state index >= 15 is 0 Å². The Morgan fingerprint density at radius 2 is 2.05 bits per heavy atom. The number of rotatable bonds is 4. The molecule has 0 bridgehead atoms. The smallest absolute Gasteiger partial charge is 0.337 e. The third kappa shape index (κ3) is 2.24. The van der Waals surface area contributed by atoms with Crippen LogP contribution in [0.5, 0.6) is 0 Å². The maximum absolute atomic E-state index is 11.5. The largest absolute Gasteiger partial charge is 0.478 e. The Morgan fingerprint density at radius 1 is 1.40 bits per heavy atom. The number of nitrogens with zero attached hydrogens (tertiary/aromatic N) is 2. The maximum atomic E-state index is 11.5. The van der Waals surface area contributed by atoms with Crippen LogP contribution in [0.4, 0.5) is 0 Å². The van der Waals surface area contributed by atoms with E-state index in [1.165, 1.54) is 6.07 Å². The number of carbonyl (C=O) groups is 2. The third-order valence-electron chi connectivity index (χ3n) is 3.42. The molecule has 3 N–H and O–H groups in total. The number of nitrogens with two attached hydrogens (primary N) is 1. The van der Waals surface area contributed by atoms with E-state index < -0.39 is 17.3 Å². The summed E-state index contributed by atoms with van der Waals surface area (Å²) in [4.78, 5) is 27.0. The Labute approximate surface area is 116 Å². The van der Waals surface area contributed by atoms with Gasteiger partial charge in [0.2, 0.25) is 5.91 Å². The lowest BCUT2D eigenvalue weighted by Gasteiger charge is -2.22. The van der Waals surface area contributed by atoms with E-state index in [9.17, 15) is 14.7 Å². The Morgan fingerprint density at radius 3 is 2.60 bits per heavy atom. The molecule has 0 saturated heterocycles. The van der Waals surface area contributed by atoms with Gasteiger partial charge in [-0.1, -0.05) is 6.07 Å². The van der Waals surface area contributed by atoms with Crippen LogP contribution in [0.1, 0.15) is 30.0 Å². The molecule has 20 heavy (non-hydrogen) atoms. The fourth-order valence-electron chi connectivity index (χ4n) is 2.11. The minimum Gasteiger partial charge on any atom is -0.478 e. The van der Waals surface area contributed by atoms with Gasteiger partial charge in [0.15, 0.2) is 0 Å². The molecule has 0 atom stereocenters. The number of imidazole rings is 1. The third-order valence-corrected chi connectivity index (χ3v) is 3.42. The first-order valence-corrected chi connectivity index (χ1v) is 6.23. The summed E-state index contributed by atoms with van der Waals surface area (Å²) < 4.78 is 1.83. The van der Waals surface area contributed by atoms with Crippen molar-refractivity contribution in [2.45, 2.75) is 27.3 Å². The van der Waals surface area contributed by atoms with Crippen LogP contribution in [-0.2, 0) is 11.3 Å². The van der Waals surface area contributed by atoms with Crippen LogP contribution < -0.4 is 5.73 Å². The van der Waals surface area contributed by atoms with Crippen LogP contribution in [0.3, 0.4) is 0 Å². The Kier molecular flexibility index (Phi) is 3.25. The molecule has 0 fully saturated rings. The average Bonchev–Trinajstić information content (AvgIpc) is 2.65. The molecule has 0 aliphatic rings. The first-order valence-electron chi connectivity index (χ1n) is 6.23. The molecular formula is C14H17N3O3. The van der Waals surface area contributed by atoms with Gasteiger partial charge in [-0.2, -0.15) is 0 Å². The monoisotopic (exact) mass is 275 g/mol. The summed E-state index contributed by atoms with van der Waals surface area (Å²) in [5.74, 6) is -0.773. The number of primary amides is 1. The zero-order valence-corrected chi connectivity index (χ0v) is 11.7. The SMILES string of the molecule is Cc1nc2c(C(=O)O)cccc2n1CC(C)(C)C(N)=O. The zero-order valence-electron chi connectivity index (χ0n) is 11.7. The lowest BCUT2D eigenvalue weighted by molar-refractivity contribution is -0.126. The number of hydrogen-bond donors (Lipinski definition) is 2. The number of aromatic nitrogens is 2. The van der Waals surface area contributed by atoms with E-state index in [1.54, 1.807) is 32.9 Å². The summed E-state index contributed by atoms with van der Waals surface area (Å²) in [6.07, 6.45) is 0. The normalized spacial score (nSPS) is 11.8. The molecule has 0 aliphatic carbocycles. The van der Waals surface area contributed by atoms with Crippen molar-refractivity contribution in [3.63, 3.8) is 0 Å². The minimum atomic E-state index is -1.02. The van der Waals surface area contributed by atoms with Crippen LogP contribution in [0.2, 0.25) is 0 Å². The molecule has 2 rings (SSSR count). The number of carboxylic acids is 1. The molecule has 1 aromatic heterocycles. The van der Waals surface area contributed by atoms with Crippen molar-refractivity contribution in [3.8, 4) is 0 Å². The van der Waals surface area contributed by atoms with Gasteiger partial charge in [-0.25, -0.2) is 9.78 Å². The van der Waals surface area contributed by atoms with E-state index in [1.807, 2.05) is 4.57 Å². The Hall–Kier alpha value is -2.37. The highest BCUT2D eigenvalue weighted by Gasteiger charge is 2.27. The topological polar surface area (TPSA) is 98.2 Å². The van der Waals surface area contributed by atoms with Crippen molar-refractivity contribution in [2.24, 2.45) is 11.1 Å². The van der Waals surface area contributed by atoms with Crippen molar-refractivity contribution in [2.75, 3.05) is 0 Å². The van der Waals surface area contributed by atoms with Gasteiger partial charge in [-0.3, -0.25) is 4.79 Å². The second kappa shape index (κ2) is 4.63. The first kappa shape index (κ1) is 14.0. The lowest BCUT2D eigenvalue weighted by Crippen LogP contribution is -2.35. The van der Waals surface area contributed by atoms with Gasteiger partial charge in [-0.05, 0) is 32.9 Å². The molecule has 1 heterocycles. The molecule has 6 heteroatoms. The Balaban J connectivity index is 2.61. The summed E-state index contributed by atoms with van der Waals surface area (Å²) in [7, 11) is 0. The van der Waals surface area contributed by atoms with E-state index in [0.717, 1.165) is 0 Å². The number of aromatic carboxylic acids is 1. The average molecular weight is 275 g/mol. The molecule has 1 aromatic carbocycles. The highest BCUT2D eigenvalue weighted by Crippen LogP contribution is 2.25. The number of para-hydroxylation sites is 1. The van der Waals surface area contributed by atoms with E-state index in [-0.39, 0.29) is 5.56 Å². The lowest BCUT2D eigenvalue weighted by atomic mass is 9.92. The summed E-state index contributed by atoms with van der Waals surface area (Å²) in [6.45, 7) is 5.64. The van der Waals surface area contributed by atoms with Crippen molar-refractivity contribution in [3.05, 3.63) is 29.6 Å². The van der Waals surface area contributed by atoms with Crippen LogP contribution in [-0.4, -0.2) is 26.5 Å². The molecule has 1 amide bonds. The highest BCUT2D eigenvalue weighted by atomic mass is 16.4. The number of carbonyl (C=O) groups excluding carboxylic acids is 1. The molecule has 0 radical (unpaired) electrons. The number of amides is 1. The molecule has 0 saturated carbocycles. The quantitative estimate of drug-likeness (QED) is 0.884. The predicted molar refractivity (Wildman–Crippen MR) is 74.4 cm³/mol. The van der Waals surface area contributed by atoms with Gasteiger partial charge in [0, 0.05) is 6.54 Å². The maximum Gasteiger partial charge on any atom is 0.337 e. The summed E-state index contributed by atoms with van der Waals surface area (Å²) in [5, 5.41) is 9.18. The van der Waals surface area contributed by atoms with Gasteiger partial charge < -0.3 is 15.4 Å². The molecule has 106 valence electrons. The summed E-state index contributed by atoms with van der Waals surface area (Å²) >= 11 is 0. The zero-order chi connectivity index (χ0) is 15.1. The van der Waals surface area contributed by atoms with Crippen molar-refractivity contribution in [1.82, 2.24) is 9.55 Å². The van der Waals surface area contributed by atoms with Crippen molar-refractivity contribution in [1.29, 1.82) is 0 Å². The van der Waals surface area contributed by atoms with Crippen molar-refractivity contribution < 1.29 is 14.7 Å². The fourth-order valence-corrected chi connectivity index (χ4v) is 2.11. The van der Waals surface area contributed by atoms with Crippen LogP contribution >= 0.6 is 0 Å². The minimum absolute atomic E-state index is 0.154. The molecule has 0 unspecified atom stereocenters. The second-order valence-electron chi connectivity index (χ2n) is 5.47.